The highest BCUT2D eigenvalue weighted by Gasteiger charge is 2.54. The zero-order valence-corrected chi connectivity index (χ0v) is 18.8. The summed E-state index contributed by atoms with van der Waals surface area (Å²) in [5.74, 6) is 6.64. The maximum atomic E-state index is 13.0. The highest BCUT2D eigenvalue weighted by atomic mass is 16.3. The van der Waals surface area contributed by atoms with Crippen molar-refractivity contribution in [3.63, 3.8) is 0 Å². The fraction of sp³-hybridized carbons (Fsp3) is 0.429. The lowest BCUT2D eigenvalue weighted by Crippen LogP contribution is -2.73. The first-order valence-electron chi connectivity index (χ1n) is 12.0. The van der Waals surface area contributed by atoms with Crippen LogP contribution in [0.5, 0.6) is 0 Å². The number of benzene rings is 2. The third-order valence-electron chi connectivity index (χ3n) is 7.43. The van der Waals surface area contributed by atoms with Gasteiger partial charge in [-0.1, -0.05) is 67.1 Å². The average molecular weight is 443 g/mol. The summed E-state index contributed by atoms with van der Waals surface area (Å²) >= 11 is 0. The Kier molecular flexibility index (Phi) is 6.20. The third kappa shape index (κ3) is 4.28. The Balaban J connectivity index is 1.29. The second-order valence-corrected chi connectivity index (χ2v) is 9.43. The number of hydrogen-bond acceptors (Lipinski definition) is 3. The van der Waals surface area contributed by atoms with Crippen molar-refractivity contribution in [3.05, 3.63) is 71.3 Å². The largest absolute Gasteiger partial charge is 0.394 e. The Morgan fingerprint density at radius 1 is 1.03 bits per heavy atom. The molecular formula is C28H30N2O3. The molecule has 2 aliphatic heterocycles. The van der Waals surface area contributed by atoms with E-state index in [-0.39, 0.29) is 48.9 Å². The zero-order chi connectivity index (χ0) is 22.8. The lowest BCUT2D eigenvalue weighted by atomic mass is 9.73. The number of fused-ring (bicyclic) bond motifs is 1. The molecular weight excluding hydrogens is 412 g/mol. The van der Waals surface area contributed by atoms with Crippen LogP contribution in [0.4, 0.5) is 0 Å². The van der Waals surface area contributed by atoms with Gasteiger partial charge < -0.3 is 14.9 Å². The van der Waals surface area contributed by atoms with Gasteiger partial charge in [-0.15, -0.1) is 0 Å². The Hall–Kier alpha value is -3.10. The van der Waals surface area contributed by atoms with Gasteiger partial charge in [0.1, 0.15) is 0 Å². The SMILES string of the molecule is O=C(C1CCCC1)N1CC(=O)N2[C@H](CO)[C@@H](c3ccc(C#CCc4ccccc4)cc3)[C@@H]2C1. The van der Waals surface area contributed by atoms with Gasteiger partial charge in [-0.05, 0) is 36.1 Å². The highest BCUT2D eigenvalue weighted by Crippen LogP contribution is 2.43. The molecule has 33 heavy (non-hydrogen) atoms. The molecule has 3 fully saturated rings. The smallest absolute Gasteiger partial charge is 0.242 e. The van der Waals surface area contributed by atoms with E-state index in [1.807, 2.05) is 30.3 Å². The normalized spacial score (nSPS) is 24.6. The molecule has 2 saturated heterocycles. The molecule has 5 heteroatoms. The summed E-state index contributed by atoms with van der Waals surface area (Å²) in [6.07, 6.45) is 4.79. The molecule has 0 bridgehead atoms. The monoisotopic (exact) mass is 442 g/mol. The fourth-order valence-corrected chi connectivity index (χ4v) is 5.73. The molecule has 3 aliphatic rings. The summed E-state index contributed by atoms with van der Waals surface area (Å²) in [6, 6.07) is 18.0. The van der Waals surface area contributed by atoms with Crippen LogP contribution in [0.2, 0.25) is 0 Å². The minimum atomic E-state index is -0.221. The van der Waals surface area contributed by atoms with Crippen LogP contribution in [-0.4, -0.2) is 58.5 Å². The number of rotatable bonds is 4. The van der Waals surface area contributed by atoms with Crippen molar-refractivity contribution < 1.29 is 14.7 Å². The maximum absolute atomic E-state index is 13.0. The molecule has 3 atom stereocenters. The highest BCUT2D eigenvalue weighted by molar-refractivity contribution is 5.88. The van der Waals surface area contributed by atoms with E-state index in [9.17, 15) is 14.7 Å². The molecule has 2 aromatic carbocycles. The molecule has 5 nitrogen and oxygen atoms in total. The van der Waals surface area contributed by atoms with Crippen molar-refractivity contribution in [2.75, 3.05) is 19.7 Å². The summed E-state index contributed by atoms with van der Waals surface area (Å²) in [5.41, 5.74) is 3.23. The van der Waals surface area contributed by atoms with E-state index in [2.05, 4.69) is 36.1 Å². The lowest BCUT2D eigenvalue weighted by molar-refractivity contribution is -0.168. The third-order valence-corrected chi connectivity index (χ3v) is 7.43. The van der Waals surface area contributed by atoms with Crippen LogP contribution in [0.3, 0.4) is 0 Å². The summed E-state index contributed by atoms with van der Waals surface area (Å²) in [6.45, 7) is 0.633. The summed E-state index contributed by atoms with van der Waals surface area (Å²) < 4.78 is 0. The van der Waals surface area contributed by atoms with E-state index in [1.165, 1.54) is 5.56 Å². The number of hydrogen-bond donors (Lipinski definition) is 1. The van der Waals surface area contributed by atoms with Crippen LogP contribution < -0.4 is 0 Å². The molecule has 2 amide bonds. The molecule has 0 spiro atoms. The molecule has 2 aromatic rings. The molecule has 0 aromatic heterocycles. The van der Waals surface area contributed by atoms with Crippen molar-refractivity contribution in [2.24, 2.45) is 5.92 Å². The van der Waals surface area contributed by atoms with E-state index in [0.717, 1.165) is 36.8 Å². The standard InChI is InChI=1S/C28H30N2O3/c31-19-25-27(22-15-13-21(14-16-22)10-6-9-20-7-2-1-3-8-20)24-17-29(18-26(32)30(24)25)28(33)23-11-4-5-12-23/h1-3,7-8,13-16,23-25,27,31H,4-5,9,11-12,17-19H2/t24-,25+,27-/m0/s1. The van der Waals surface area contributed by atoms with Crippen LogP contribution in [0, 0.1) is 17.8 Å². The van der Waals surface area contributed by atoms with Crippen molar-refractivity contribution in [2.45, 2.75) is 50.1 Å². The van der Waals surface area contributed by atoms with Crippen molar-refractivity contribution in [1.82, 2.24) is 9.80 Å². The minimum absolute atomic E-state index is 0.0319. The quantitative estimate of drug-likeness (QED) is 0.741. The maximum Gasteiger partial charge on any atom is 0.242 e. The van der Waals surface area contributed by atoms with Gasteiger partial charge in [-0.25, -0.2) is 0 Å². The Bertz CT molecular complexity index is 1060. The summed E-state index contributed by atoms with van der Waals surface area (Å²) in [5, 5.41) is 10.0. The lowest BCUT2D eigenvalue weighted by Gasteiger charge is -2.59. The van der Waals surface area contributed by atoms with Gasteiger partial charge in [-0.3, -0.25) is 9.59 Å². The molecule has 170 valence electrons. The predicted molar refractivity (Wildman–Crippen MR) is 126 cm³/mol. The first-order valence-corrected chi connectivity index (χ1v) is 12.0. The zero-order valence-electron chi connectivity index (χ0n) is 18.8. The first-order chi connectivity index (χ1) is 16.2. The summed E-state index contributed by atoms with van der Waals surface area (Å²) in [7, 11) is 0. The van der Waals surface area contributed by atoms with Crippen molar-refractivity contribution in [1.29, 1.82) is 0 Å². The second-order valence-electron chi connectivity index (χ2n) is 9.43. The van der Waals surface area contributed by atoms with Gasteiger partial charge >= 0.3 is 0 Å². The average Bonchev–Trinajstić information content (AvgIpc) is 3.37. The Morgan fingerprint density at radius 2 is 1.76 bits per heavy atom. The Labute approximate surface area is 195 Å². The number of carbonyl (C=O) groups excluding carboxylic acids is 2. The number of amides is 2. The van der Waals surface area contributed by atoms with Crippen LogP contribution >= 0.6 is 0 Å². The van der Waals surface area contributed by atoms with Gasteiger partial charge in [0.15, 0.2) is 0 Å². The van der Waals surface area contributed by atoms with Gasteiger partial charge in [-0.2, -0.15) is 0 Å². The van der Waals surface area contributed by atoms with E-state index in [1.54, 1.807) is 9.80 Å². The molecule has 1 saturated carbocycles. The second kappa shape index (κ2) is 9.41. The van der Waals surface area contributed by atoms with E-state index in [0.29, 0.717) is 13.0 Å². The molecule has 0 radical (unpaired) electrons. The van der Waals surface area contributed by atoms with E-state index < -0.39 is 0 Å². The minimum Gasteiger partial charge on any atom is -0.394 e. The summed E-state index contributed by atoms with van der Waals surface area (Å²) in [4.78, 5) is 29.3. The molecule has 0 unspecified atom stereocenters. The number of aliphatic hydroxyl groups is 1. The van der Waals surface area contributed by atoms with Gasteiger partial charge in [0.25, 0.3) is 0 Å². The van der Waals surface area contributed by atoms with E-state index in [4.69, 9.17) is 0 Å². The Morgan fingerprint density at radius 3 is 2.45 bits per heavy atom. The molecule has 1 N–H and O–H groups in total. The number of nitrogens with zero attached hydrogens (tertiary/aromatic N) is 2. The van der Waals surface area contributed by atoms with Crippen LogP contribution in [0.25, 0.3) is 0 Å². The van der Waals surface area contributed by atoms with Crippen molar-refractivity contribution >= 4 is 11.8 Å². The number of carbonyl (C=O) groups is 2. The number of piperazine rings is 1. The van der Waals surface area contributed by atoms with E-state index >= 15 is 0 Å². The first kappa shape index (κ1) is 21.7. The molecule has 1 aliphatic carbocycles. The van der Waals surface area contributed by atoms with Gasteiger partial charge in [0.2, 0.25) is 11.8 Å². The number of aliphatic hydroxyl groups excluding tert-OH is 1. The van der Waals surface area contributed by atoms with Crippen LogP contribution in [0.1, 0.15) is 48.3 Å². The fourth-order valence-electron chi connectivity index (χ4n) is 5.73. The van der Waals surface area contributed by atoms with Gasteiger partial charge in [0.05, 0.1) is 25.2 Å². The van der Waals surface area contributed by atoms with Crippen molar-refractivity contribution in [3.8, 4) is 11.8 Å². The molecule has 2 heterocycles. The van der Waals surface area contributed by atoms with Gasteiger partial charge in [0, 0.05) is 30.4 Å². The predicted octanol–water partition coefficient (Wildman–Crippen LogP) is 2.97. The topological polar surface area (TPSA) is 60.9 Å². The molecule has 5 rings (SSSR count). The van der Waals surface area contributed by atoms with Crippen LogP contribution in [-0.2, 0) is 16.0 Å². The van der Waals surface area contributed by atoms with Crippen LogP contribution in [0.15, 0.2) is 54.6 Å².